The Kier molecular flexibility index (Phi) is 5.97. The first kappa shape index (κ1) is 18.2. The van der Waals surface area contributed by atoms with Crippen LogP contribution in [0.4, 0.5) is 0 Å². The fourth-order valence-electron chi connectivity index (χ4n) is 4.01. The van der Waals surface area contributed by atoms with E-state index in [4.69, 9.17) is 4.74 Å². The normalized spacial score (nSPS) is 21.1. The van der Waals surface area contributed by atoms with Crippen LogP contribution >= 0.6 is 0 Å². The molecule has 1 saturated carbocycles. The van der Waals surface area contributed by atoms with Crippen LogP contribution in [0.1, 0.15) is 37.7 Å². The minimum Gasteiger partial charge on any atom is -0.497 e. The van der Waals surface area contributed by atoms with Crippen LogP contribution in [0.15, 0.2) is 24.3 Å². The smallest absolute Gasteiger partial charge is 0.227 e. The summed E-state index contributed by atoms with van der Waals surface area (Å²) in [5.41, 5.74) is 0.480. The van der Waals surface area contributed by atoms with E-state index in [9.17, 15) is 9.90 Å². The third-order valence-corrected chi connectivity index (χ3v) is 5.52. The molecule has 138 valence electrons. The second kappa shape index (κ2) is 8.19. The van der Waals surface area contributed by atoms with E-state index in [1.165, 1.54) is 6.42 Å². The Morgan fingerprint density at radius 1 is 1.16 bits per heavy atom. The van der Waals surface area contributed by atoms with Crippen molar-refractivity contribution >= 4 is 5.91 Å². The molecule has 0 atom stereocenters. The van der Waals surface area contributed by atoms with Crippen LogP contribution in [0.25, 0.3) is 0 Å². The molecule has 0 bridgehead atoms. The lowest BCUT2D eigenvalue weighted by Gasteiger charge is -2.41. The quantitative estimate of drug-likeness (QED) is 0.887. The van der Waals surface area contributed by atoms with Gasteiger partial charge < -0.3 is 14.7 Å². The Labute approximate surface area is 150 Å². The number of amides is 1. The molecular formula is C20H30N2O3. The molecule has 3 rings (SSSR count). The summed E-state index contributed by atoms with van der Waals surface area (Å²) in [7, 11) is 1.64. The number of β-amino-alcohol motifs (C(OH)–C–C–N with tert-alkyl or cyclic N) is 1. The maximum absolute atomic E-state index is 12.5. The lowest BCUT2D eigenvalue weighted by molar-refractivity contribution is -0.132. The molecule has 5 nitrogen and oxygen atoms in total. The third kappa shape index (κ3) is 4.95. The van der Waals surface area contributed by atoms with Gasteiger partial charge in [0, 0.05) is 32.7 Å². The number of hydrogen-bond acceptors (Lipinski definition) is 4. The van der Waals surface area contributed by atoms with E-state index in [-0.39, 0.29) is 5.91 Å². The average molecular weight is 346 g/mol. The molecule has 0 radical (unpaired) electrons. The van der Waals surface area contributed by atoms with Crippen LogP contribution < -0.4 is 4.74 Å². The Morgan fingerprint density at radius 2 is 1.88 bits per heavy atom. The van der Waals surface area contributed by atoms with Gasteiger partial charge in [0.05, 0.1) is 19.1 Å². The van der Waals surface area contributed by atoms with Gasteiger partial charge in [0.1, 0.15) is 5.75 Å². The Hall–Kier alpha value is -1.59. The largest absolute Gasteiger partial charge is 0.497 e. The highest BCUT2D eigenvalue weighted by molar-refractivity contribution is 5.79. The molecule has 2 aliphatic rings. The predicted octanol–water partition coefficient (Wildman–Crippen LogP) is 2.08. The van der Waals surface area contributed by atoms with E-state index in [0.29, 0.717) is 6.42 Å². The summed E-state index contributed by atoms with van der Waals surface area (Å²) in [4.78, 5) is 16.8. The Balaban J connectivity index is 1.47. The lowest BCUT2D eigenvalue weighted by atomic mass is 9.84. The SMILES string of the molecule is COc1cccc(CC(=O)N2CCN(CC3(O)CCCCC3)CC2)c1. The van der Waals surface area contributed by atoms with E-state index in [2.05, 4.69) is 4.90 Å². The zero-order valence-electron chi connectivity index (χ0n) is 15.2. The first-order valence-electron chi connectivity index (χ1n) is 9.43. The maximum Gasteiger partial charge on any atom is 0.227 e. The van der Waals surface area contributed by atoms with Gasteiger partial charge in [-0.2, -0.15) is 0 Å². The Morgan fingerprint density at radius 3 is 2.56 bits per heavy atom. The Bertz CT molecular complexity index is 576. The first-order chi connectivity index (χ1) is 12.1. The molecule has 0 spiro atoms. The van der Waals surface area contributed by atoms with Crippen LogP contribution in [-0.4, -0.2) is 66.2 Å². The summed E-state index contributed by atoms with van der Waals surface area (Å²) >= 11 is 0. The minimum atomic E-state index is -0.509. The van der Waals surface area contributed by atoms with E-state index < -0.39 is 5.60 Å². The molecule has 5 heteroatoms. The van der Waals surface area contributed by atoms with Crippen molar-refractivity contribution < 1.29 is 14.6 Å². The van der Waals surface area contributed by atoms with Crippen LogP contribution in [0.2, 0.25) is 0 Å². The lowest BCUT2D eigenvalue weighted by Crippen LogP contribution is -2.53. The van der Waals surface area contributed by atoms with Crippen LogP contribution in [-0.2, 0) is 11.2 Å². The fourth-order valence-corrected chi connectivity index (χ4v) is 4.01. The van der Waals surface area contributed by atoms with Gasteiger partial charge in [-0.25, -0.2) is 0 Å². The second-order valence-corrected chi connectivity index (χ2v) is 7.47. The third-order valence-electron chi connectivity index (χ3n) is 5.52. The molecule has 0 aromatic heterocycles. The van der Waals surface area contributed by atoms with Gasteiger partial charge in [-0.3, -0.25) is 9.69 Å². The number of ether oxygens (including phenoxy) is 1. The number of rotatable bonds is 5. The van der Waals surface area contributed by atoms with Crippen LogP contribution in [0.5, 0.6) is 5.75 Å². The highest BCUT2D eigenvalue weighted by atomic mass is 16.5. The van der Waals surface area contributed by atoms with Crippen molar-refractivity contribution in [2.75, 3.05) is 39.8 Å². The van der Waals surface area contributed by atoms with Gasteiger partial charge in [-0.05, 0) is 30.5 Å². The summed E-state index contributed by atoms with van der Waals surface area (Å²) < 4.78 is 5.22. The number of benzene rings is 1. The van der Waals surface area contributed by atoms with Gasteiger partial charge in [-0.1, -0.05) is 31.4 Å². The van der Waals surface area contributed by atoms with Crippen molar-refractivity contribution in [3.05, 3.63) is 29.8 Å². The number of carbonyl (C=O) groups is 1. The number of carbonyl (C=O) groups excluding carboxylic acids is 1. The predicted molar refractivity (Wildman–Crippen MR) is 97.8 cm³/mol. The van der Waals surface area contributed by atoms with Crippen molar-refractivity contribution in [1.82, 2.24) is 9.80 Å². The molecule has 1 amide bonds. The van der Waals surface area contributed by atoms with Gasteiger partial charge in [0.25, 0.3) is 0 Å². The second-order valence-electron chi connectivity index (χ2n) is 7.47. The van der Waals surface area contributed by atoms with Gasteiger partial charge >= 0.3 is 0 Å². The zero-order valence-corrected chi connectivity index (χ0v) is 15.2. The molecule has 1 aromatic rings. The summed E-state index contributed by atoms with van der Waals surface area (Å²) in [5.74, 6) is 0.958. The topological polar surface area (TPSA) is 53.0 Å². The molecule has 2 fully saturated rings. The van der Waals surface area contributed by atoms with E-state index in [0.717, 1.165) is 69.7 Å². The molecule has 1 N–H and O–H groups in total. The maximum atomic E-state index is 12.5. The summed E-state index contributed by atoms with van der Waals surface area (Å²) in [6, 6.07) is 7.70. The van der Waals surface area contributed by atoms with Crippen molar-refractivity contribution in [1.29, 1.82) is 0 Å². The zero-order chi connectivity index (χ0) is 17.7. The highest BCUT2D eigenvalue weighted by Gasteiger charge is 2.32. The number of hydrogen-bond donors (Lipinski definition) is 1. The molecule has 1 heterocycles. The molecule has 1 aliphatic heterocycles. The van der Waals surface area contributed by atoms with Gasteiger partial charge in [-0.15, -0.1) is 0 Å². The van der Waals surface area contributed by atoms with E-state index in [1.807, 2.05) is 29.2 Å². The van der Waals surface area contributed by atoms with Crippen molar-refractivity contribution in [3.63, 3.8) is 0 Å². The molecule has 0 unspecified atom stereocenters. The monoisotopic (exact) mass is 346 g/mol. The number of aliphatic hydroxyl groups is 1. The van der Waals surface area contributed by atoms with E-state index in [1.54, 1.807) is 7.11 Å². The fraction of sp³-hybridized carbons (Fsp3) is 0.650. The molecule has 1 aliphatic carbocycles. The molecule has 1 aromatic carbocycles. The first-order valence-corrected chi connectivity index (χ1v) is 9.43. The minimum absolute atomic E-state index is 0.171. The summed E-state index contributed by atoms with van der Waals surface area (Å²) in [6.45, 7) is 3.96. The van der Waals surface area contributed by atoms with E-state index >= 15 is 0 Å². The van der Waals surface area contributed by atoms with Gasteiger partial charge in [0.15, 0.2) is 0 Å². The summed E-state index contributed by atoms with van der Waals surface area (Å²) in [6.07, 6.45) is 5.77. The van der Waals surface area contributed by atoms with Crippen molar-refractivity contribution in [2.24, 2.45) is 0 Å². The molecular weight excluding hydrogens is 316 g/mol. The highest BCUT2D eigenvalue weighted by Crippen LogP contribution is 2.29. The van der Waals surface area contributed by atoms with Crippen LogP contribution in [0.3, 0.4) is 0 Å². The van der Waals surface area contributed by atoms with Gasteiger partial charge in [0.2, 0.25) is 5.91 Å². The van der Waals surface area contributed by atoms with Crippen molar-refractivity contribution in [3.8, 4) is 5.75 Å². The number of piperazine rings is 1. The van der Waals surface area contributed by atoms with Crippen molar-refractivity contribution in [2.45, 2.75) is 44.1 Å². The number of nitrogens with zero attached hydrogens (tertiary/aromatic N) is 2. The average Bonchev–Trinajstić information content (AvgIpc) is 2.62. The summed E-state index contributed by atoms with van der Waals surface area (Å²) in [5, 5.41) is 10.7. The van der Waals surface area contributed by atoms with Crippen LogP contribution in [0, 0.1) is 0 Å². The number of methoxy groups -OCH3 is 1. The standard InChI is InChI=1S/C20H30N2O3/c1-25-18-7-5-6-17(14-18)15-19(23)22-12-10-21(11-13-22)16-20(24)8-3-2-4-9-20/h5-7,14,24H,2-4,8-13,15-16H2,1H3. The molecule has 1 saturated heterocycles. The molecule has 25 heavy (non-hydrogen) atoms.